The van der Waals surface area contributed by atoms with Crippen molar-refractivity contribution in [2.24, 2.45) is 0 Å². The van der Waals surface area contributed by atoms with Crippen LogP contribution in [-0.2, 0) is 4.79 Å². The average molecular weight is 214 g/mol. The van der Waals surface area contributed by atoms with Crippen molar-refractivity contribution in [1.29, 1.82) is 0 Å². The molecule has 0 fully saturated rings. The summed E-state index contributed by atoms with van der Waals surface area (Å²) in [5, 5.41) is 7.42. The highest BCUT2D eigenvalue weighted by Gasteiger charge is 1.91. The first-order valence-electron chi connectivity index (χ1n) is 5.00. The lowest BCUT2D eigenvalue weighted by Crippen LogP contribution is -1.78. The van der Waals surface area contributed by atoms with Crippen LogP contribution in [0.1, 0.15) is 6.92 Å². The van der Waals surface area contributed by atoms with Crippen molar-refractivity contribution < 1.29 is 9.90 Å². The quantitative estimate of drug-likeness (QED) is 0.789. The molecule has 0 aromatic heterocycles. The molecule has 16 heavy (non-hydrogen) atoms. The maximum absolute atomic E-state index is 9.00. The Morgan fingerprint density at radius 3 is 1.31 bits per heavy atom. The van der Waals surface area contributed by atoms with Crippen LogP contribution in [0.2, 0.25) is 0 Å². The summed E-state index contributed by atoms with van der Waals surface area (Å²) in [7, 11) is 0. The molecule has 0 radical (unpaired) electrons. The Kier molecular flexibility index (Phi) is 4.80. The van der Waals surface area contributed by atoms with Crippen molar-refractivity contribution in [3.8, 4) is 11.1 Å². The van der Waals surface area contributed by atoms with E-state index in [9.17, 15) is 0 Å². The molecule has 0 spiro atoms. The molecule has 0 saturated carbocycles. The Balaban J connectivity index is 0.000000280. The van der Waals surface area contributed by atoms with Crippen molar-refractivity contribution in [3.05, 3.63) is 60.7 Å². The number of benzene rings is 2. The summed E-state index contributed by atoms with van der Waals surface area (Å²) in [6.07, 6.45) is 0. The molecule has 82 valence electrons. The van der Waals surface area contributed by atoms with E-state index in [1.54, 1.807) is 0 Å². The summed E-state index contributed by atoms with van der Waals surface area (Å²) in [5.41, 5.74) is 2.55. The minimum absolute atomic E-state index is 0.833. The molecule has 0 saturated heterocycles. The van der Waals surface area contributed by atoms with Crippen LogP contribution in [0, 0.1) is 0 Å². The molecule has 2 aromatic carbocycles. The third kappa shape index (κ3) is 4.42. The topological polar surface area (TPSA) is 37.3 Å². The Morgan fingerprint density at radius 1 is 0.812 bits per heavy atom. The second-order valence-electron chi connectivity index (χ2n) is 3.25. The van der Waals surface area contributed by atoms with Crippen molar-refractivity contribution >= 4 is 5.97 Å². The van der Waals surface area contributed by atoms with Gasteiger partial charge in [-0.2, -0.15) is 0 Å². The van der Waals surface area contributed by atoms with E-state index in [1.807, 2.05) is 12.1 Å². The van der Waals surface area contributed by atoms with Gasteiger partial charge in [-0.25, -0.2) is 0 Å². The zero-order valence-electron chi connectivity index (χ0n) is 9.13. The first-order valence-corrected chi connectivity index (χ1v) is 5.00. The van der Waals surface area contributed by atoms with Crippen molar-refractivity contribution in [3.63, 3.8) is 0 Å². The highest BCUT2D eigenvalue weighted by molar-refractivity contribution is 5.63. The van der Waals surface area contributed by atoms with Gasteiger partial charge in [-0.05, 0) is 11.1 Å². The van der Waals surface area contributed by atoms with E-state index in [4.69, 9.17) is 9.90 Å². The van der Waals surface area contributed by atoms with Gasteiger partial charge in [-0.15, -0.1) is 0 Å². The standard InChI is InChI=1S/C12H10.C2H4O2/c1-3-7-11(8-4-1)12-9-5-2-6-10-12;1-2(3)4/h1-10H;1H3,(H,3,4). The second kappa shape index (κ2) is 6.40. The Bertz CT molecular complexity index is 380. The maximum atomic E-state index is 9.00. The predicted molar refractivity (Wildman–Crippen MR) is 65.2 cm³/mol. The average Bonchev–Trinajstić information content (AvgIpc) is 2.31. The summed E-state index contributed by atoms with van der Waals surface area (Å²) in [6.45, 7) is 1.08. The van der Waals surface area contributed by atoms with Gasteiger partial charge in [-0.1, -0.05) is 60.7 Å². The molecular formula is C14H14O2. The van der Waals surface area contributed by atoms with Crippen LogP contribution in [-0.4, -0.2) is 11.1 Å². The van der Waals surface area contributed by atoms with Gasteiger partial charge in [0.1, 0.15) is 0 Å². The fourth-order valence-electron chi connectivity index (χ4n) is 1.26. The molecule has 0 unspecified atom stereocenters. The van der Waals surface area contributed by atoms with E-state index in [-0.39, 0.29) is 0 Å². The fraction of sp³-hybridized carbons (Fsp3) is 0.0714. The summed E-state index contributed by atoms with van der Waals surface area (Å²) in [6, 6.07) is 20.8. The third-order valence-corrected chi connectivity index (χ3v) is 1.88. The second-order valence-corrected chi connectivity index (χ2v) is 3.25. The maximum Gasteiger partial charge on any atom is 0.300 e. The van der Waals surface area contributed by atoms with E-state index in [1.165, 1.54) is 11.1 Å². The number of hydrogen-bond acceptors (Lipinski definition) is 1. The van der Waals surface area contributed by atoms with Crippen LogP contribution < -0.4 is 0 Å². The van der Waals surface area contributed by atoms with Crippen LogP contribution in [0.5, 0.6) is 0 Å². The SMILES string of the molecule is CC(=O)O.c1ccc(-c2ccccc2)cc1. The molecule has 0 aliphatic heterocycles. The van der Waals surface area contributed by atoms with Gasteiger partial charge >= 0.3 is 0 Å². The van der Waals surface area contributed by atoms with Gasteiger partial charge < -0.3 is 5.11 Å². The van der Waals surface area contributed by atoms with Gasteiger partial charge in [0.05, 0.1) is 0 Å². The van der Waals surface area contributed by atoms with E-state index in [0.717, 1.165) is 6.92 Å². The molecule has 0 aliphatic rings. The Labute approximate surface area is 95.2 Å². The van der Waals surface area contributed by atoms with Crippen LogP contribution >= 0.6 is 0 Å². The minimum Gasteiger partial charge on any atom is -0.481 e. The van der Waals surface area contributed by atoms with E-state index in [2.05, 4.69) is 48.5 Å². The highest BCUT2D eigenvalue weighted by atomic mass is 16.4. The lowest BCUT2D eigenvalue weighted by atomic mass is 10.1. The number of carboxylic acid groups (broad SMARTS) is 1. The molecule has 2 aromatic rings. The number of carbonyl (C=O) groups is 1. The van der Waals surface area contributed by atoms with Crippen molar-refractivity contribution in [1.82, 2.24) is 0 Å². The van der Waals surface area contributed by atoms with Crippen LogP contribution in [0.25, 0.3) is 11.1 Å². The van der Waals surface area contributed by atoms with E-state index >= 15 is 0 Å². The largest absolute Gasteiger partial charge is 0.481 e. The number of aliphatic carboxylic acids is 1. The number of carboxylic acids is 1. The molecule has 0 heterocycles. The first-order chi connectivity index (χ1) is 7.70. The Morgan fingerprint density at radius 2 is 1.06 bits per heavy atom. The summed E-state index contributed by atoms with van der Waals surface area (Å²) in [5.74, 6) is -0.833. The molecular weight excluding hydrogens is 200 g/mol. The van der Waals surface area contributed by atoms with E-state index < -0.39 is 5.97 Å². The monoisotopic (exact) mass is 214 g/mol. The summed E-state index contributed by atoms with van der Waals surface area (Å²) >= 11 is 0. The fourth-order valence-corrected chi connectivity index (χ4v) is 1.26. The number of hydrogen-bond donors (Lipinski definition) is 1. The molecule has 0 bridgehead atoms. The van der Waals surface area contributed by atoms with Gasteiger partial charge in [0, 0.05) is 6.92 Å². The zero-order valence-corrected chi connectivity index (χ0v) is 9.13. The third-order valence-electron chi connectivity index (χ3n) is 1.88. The smallest absolute Gasteiger partial charge is 0.300 e. The molecule has 2 nitrogen and oxygen atoms in total. The van der Waals surface area contributed by atoms with Crippen molar-refractivity contribution in [2.45, 2.75) is 6.92 Å². The number of rotatable bonds is 1. The van der Waals surface area contributed by atoms with Crippen LogP contribution in [0.15, 0.2) is 60.7 Å². The minimum atomic E-state index is -0.833. The first kappa shape index (κ1) is 12.0. The van der Waals surface area contributed by atoms with Gasteiger partial charge in [-0.3, -0.25) is 4.79 Å². The van der Waals surface area contributed by atoms with Crippen LogP contribution in [0.4, 0.5) is 0 Å². The van der Waals surface area contributed by atoms with E-state index in [0.29, 0.717) is 0 Å². The molecule has 2 heteroatoms. The van der Waals surface area contributed by atoms with Crippen molar-refractivity contribution in [2.75, 3.05) is 0 Å². The molecule has 0 amide bonds. The predicted octanol–water partition coefficient (Wildman–Crippen LogP) is 3.44. The molecule has 2 rings (SSSR count). The van der Waals surface area contributed by atoms with Gasteiger partial charge in [0.25, 0.3) is 5.97 Å². The highest BCUT2D eigenvalue weighted by Crippen LogP contribution is 2.17. The summed E-state index contributed by atoms with van der Waals surface area (Å²) < 4.78 is 0. The molecule has 1 N–H and O–H groups in total. The Hall–Kier alpha value is -2.09. The molecule has 0 aliphatic carbocycles. The van der Waals surface area contributed by atoms with Gasteiger partial charge in [0.15, 0.2) is 0 Å². The lowest BCUT2D eigenvalue weighted by molar-refractivity contribution is -0.134. The summed E-state index contributed by atoms with van der Waals surface area (Å²) in [4.78, 5) is 9.00. The van der Waals surface area contributed by atoms with Gasteiger partial charge in [0.2, 0.25) is 0 Å². The molecule has 0 atom stereocenters. The normalized spacial score (nSPS) is 8.81. The van der Waals surface area contributed by atoms with Crippen LogP contribution in [0.3, 0.4) is 0 Å². The zero-order chi connectivity index (χ0) is 11.8. The lowest BCUT2D eigenvalue weighted by Gasteiger charge is -1.98.